The van der Waals surface area contributed by atoms with E-state index in [9.17, 15) is 10.2 Å². The number of imidazole rings is 1. The van der Waals surface area contributed by atoms with Crippen molar-refractivity contribution in [3.05, 3.63) is 74.2 Å². The average Bonchev–Trinajstić information content (AvgIpc) is 3.37. The molecule has 0 spiro atoms. The minimum Gasteiger partial charge on any atom is -0.506 e. The van der Waals surface area contributed by atoms with Gasteiger partial charge in [-0.2, -0.15) is 0 Å². The highest BCUT2D eigenvalue weighted by atomic mass is 35.5. The van der Waals surface area contributed by atoms with E-state index in [0.717, 1.165) is 13.0 Å². The van der Waals surface area contributed by atoms with Crippen LogP contribution in [-0.4, -0.2) is 51.2 Å². The second kappa shape index (κ2) is 11.4. The summed E-state index contributed by atoms with van der Waals surface area (Å²) in [6, 6.07) is 5.51. The highest BCUT2D eigenvalue weighted by molar-refractivity contribution is 6.36. The van der Waals surface area contributed by atoms with Crippen molar-refractivity contribution in [2.75, 3.05) is 20.8 Å². The van der Waals surface area contributed by atoms with Crippen molar-refractivity contribution in [3.63, 3.8) is 0 Å². The van der Waals surface area contributed by atoms with Crippen molar-refractivity contribution in [3.8, 4) is 11.5 Å². The van der Waals surface area contributed by atoms with Gasteiger partial charge in [-0.3, -0.25) is 4.90 Å². The fraction of sp³-hybridized carbons (Fsp3) is 0.400. The predicted molar refractivity (Wildman–Crippen MR) is 141 cm³/mol. The molecule has 2 aromatic carbocycles. The molecule has 1 saturated heterocycles. The largest absolute Gasteiger partial charge is 0.506 e. The second-order valence-electron chi connectivity index (χ2n) is 8.80. The van der Waals surface area contributed by atoms with Crippen LogP contribution in [0.3, 0.4) is 0 Å². The minimum absolute atomic E-state index is 0.0687. The maximum absolute atomic E-state index is 11.0. The number of piperidine rings is 1. The van der Waals surface area contributed by atoms with Gasteiger partial charge in [-0.05, 0) is 30.7 Å². The quantitative estimate of drug-likeness (QED) is 0.286. The summed E-state index contributed by atoms with van der Waals surface area (Å²) in [4.78, 5) is 6.28. The topological polar surface area (TPSA) is 80.0 Å². The number of halogens is 4. The smallest absolute Gasteiger partial charge is 0.171 e. The first-order valence-electron chi connectivity index (χ1n) is 11.4. The van der Waals surface area contributed by atoms with Gasteiger partial charge >= 0.3 is 0 Å². The van der Waals surface area contributed by atoms with E-state index in [1.807, 2.05) is 10.8 Å². The van der Waals surface area contributed by atoms with Gasteiger partial charge in [0.25, 0.3) is 0 Å². The molecule has 2 heterocycles. The summed E-state index contributed by atoms with van der Waals surface area (Å²) in [6.45, 7) is 1.31. The van der Waals surface area contributed by atoms with Crippen molar-refractivity contribution in [2.45, 2.75) is 43.7 Å². The van der Waals surface area contributed by atoms with E-state index in [2.05, 4.69) is 9.88 Å². The summed E-state index contributed by atoms with van der Waals surface area (Å²) in [5.74, 6) is -1.17. The molecule has 1 aliphatic heterocycles. The fourth-order valence-corrected chi connectivity index (χ4v) is 5.98. The van der Waals surface area contributed by atoms with Crippen LogP contribution in [0.2, 0.25) is 20.1 Å². The molecule has 0 bridgehead atoms. The zero-order valence-electron chi connectivity index (χ0n) is 19.8. The van der Waals surface area contributed by atoms with E-state index >= 15 is 0 Å². The predicted octanol–water partition coefficient (Wildman–Crippen LogP) is 6.87. The van der Waals surface area contributed by atoms with E-state index in [4.69, 9.17) is 55.9 Å². The van der Waals surface area contributed by atoms with Crippen molar-refractivity contribution in [1.29, 1.82) is 0 Å². The van der Waals surface area contributed by atoms with Crippen LogP contribution in [0.1, 0.15) is 42.5 Å². The molecule has 2 atom stereocenters. The average molecular weight is 575 g/mol. The molecular formula is C25H27Cl4N3O4. The second-order valence-corrected chi connectivity index (χ2v) is 10.5. The lowest BCUT2D eigenvalue weighted by Crippen LogP contribution is -2.50. The number of methoxy groups -OCH3 is 2. The number of aryl methyl sites for hydroxylation is 1. The lowest BCUT2D eigenvalue weighted by atomic mass is 9.82. The lowest BCUT2D eigenvalue weighted by Gasteiger charge is -2.50. The first-order valence-corrected chi connectivity index (χ1v) is 12.9. The standard InChI is InChI=1S/C25H27Cl4N3O4/c1-35-25(36-2)12-21(17-8-15(26)10-19(28)23(17)33)32(6-3-5-31-7-4-30-14-31)22(13-25)18-9-16(27)11-20(29)24(18)34/h4,7-11,14,21-22,33-34H,3,5-6,12-13H2,1-2H3/t21-,22+. The van der Waals surface area contributed by atoms with E-state index in [0.29, 0.717) is 40.6 Å². The molecule has 194 valence electrons. The highest BCUT2D eigenvalue weighted by Crippen LogP contribution is 2.52. The normalized spacial score (nSPS) is 20.1. The molecule has 1 aromatic heterocycles. The molecule has 36 heavy (non-hydrogen) atoms. The van der Waals surface area contributed by atoms with Crippen LogP contribution < -0.4 is 0 Å². The van der Waals surface area contributed by atoms with Gasteiger partial charge in [0.15, 0.2) is 5.79 Å². The zero-order chi connectivity index (χ0) is 26.0. The molecule has 11 heteroatoms. The van der Waals surface area contributed by atoms with Gasteiger partial charge in [0.2, 0.25) is 0 Å². The highest BCUT2D eigenvalue weighted by Gasteiger charge is 2.48. The molecule has 0 amide bonds. The molecule has 0 radical (unpaired) electrons. The Balaban J connectivity index is 1.84. The van der Waals surface area contributed by atoms with Crippen LogP contribution in [0.4, 0.5) is 0 Å². The summed E-state index contributed by atoms with van der Waals surface area (Å²) in [7, 11) is 3.14. The summed E-state index contributed by atoms with van der Waals surface area (Å²) >= 11 is 25.3. The van der Waals surface area contributed by atoms with Crippen LogP contribution in [0, 0.1) is 0 Å². The Morgan fingerprint density at radius 3 is 1.86 bits per heavy atom. The maximum atomic E-state index is 11.0. The Kier molecular flexibility index (Phi) is 8.62. The summed E-state index contributed by atoms with van der Waals surface area (Å²) in [5.41, 5.74) is 1.07. The Morgan fingerprint density at radius 2 is 1.42 bits per heavy atom. The molecule has 2 N–H and O–H groups in total. The van der Waals surface area contributed by atoms with E-state index in [1.54, 1.807) is 38.9 Å². The number of nitrogens with zero attached hydrogens (tertiary/aromatic N) is 3. The first kappa shape index (κ1) is 27.3. The van der Waals surface area contributed by atoms with E-state index in [-0.39, 0.29) is 21.5 Å². The lowest BCUT2D eigenvalue weighted by molar-refractivity contribution is -0.250. The molecule has 0 saturated carbocycles. The van der Waals surface area contributed by atoms with Crippen LogP contribution in [0.15, 0.2) is 43.0 Å². The Hall–Kier alpha value is -1.71. The Morgan fingerprint density at radius 1 is 0.889 bits per heavy atom. The zero-order valence-corrected chi connectivity index (χ0v) is 22.8. The Labute approximate surface area is 230 Å². The molecule has 1 aliphatic rings. The summed E-state index contributed by atoms with van der Waals surface area (Å²) in [6.07, 6.45) is 6.90. The number of benzene rings is 2. The SMILES string of the molecule is COC1(OC)C[C@H](c2cc(Cl)cc(Cl)c2O)N(CCCn2ccnc2)[C@H](c2cc(Cl)cc(Cl)c2O)C1. The molecule has 4 rings (SSSR count). The number of phenolic OH excluding ortho intramolecular Hbond substituents is 2. The van der Waals surface area contributed by atoms with Crippen LogP contribution >= 0.6 is 46.4 Å². The fourth-order valence-electron chi connectivity index (χ4n) is 4.96. The van der Waals surface area contributed by atoms with Gasteiger partial charge in [-0.15, -0.1) is 0 Å². The monoisotopic (exact) mass is 573 g/mol. The van der Waals surface area contributed by atoms with Gasteiger partial charge < -0.3 is 24.3 Å². The molecule has 0 aliphatic carbocycles. The molecule has 0 unspecified atom stereocenters. The van der Waals surface area contributed by atoms with Gasteiger partial charge in [0, 0.05) is 85.8 Å². The summed E-state index contributed by atoms with van der Waals surface area (Å²) < 4.78 is 13.8. The van der Waals surface area contributed by atoms with Crippen LogP contribution in [-0.2, 0) is 16.0 Å². The third-order valence-electron chi connectivity index (χ3n) is 6.78. The first-order chi connectivity index (χ1) is 17.2. The van der Waals surface area contributed by atoms with Gasteiger partial charge in [0.05, 0.1) is 16.4 Å². The Bertz CT molecular complexity index is 1140. The number of aromatic hydroxyl groups is 2. The van der Waals surface area contributed by atoms with E-state index < -0.39 is 17.9 Å². The number of hydrogen-bond donors (Lipinski definition) is 2. The number of rotatable bonds is 8. The van der Waals surface area contributed by atoms with Crippen LogP contribution in [0.5, 0.6) is 11.5 Å². The summed E-state index contributed by atoms with van der Waals surface area (Å²) in [5, 5.41) is 23.0. The van der Waals surface area contributed by atoms with Crippen molar-refractivity contribution in [2.24, 2.45) is 0 Å². The third kappa shape index (κ3) is 5.58. The number of hydrogen-bond acceptors (Lipinski definition) is 6. The van der Waals surface area contributed by atoms with Gasteiger partial charge in [0.1, 0.15) is 11.5 Å². The number of likely N-dealkylation sites (tertiary alicyclic amines) is 1. The van der Waals surface area contributed by atoms with Crippen molar-refractivity contribution in [1.82, 2.24) is 14.5 Å². The number of aromatic nitrogens is 2. The maximum Gasteiger partial charge on any atom is 0.171 e. The molecule has 1 fully saturated rings. The third-order valence-corrected chi connectivity index (χ3v) is 7.79. The number of ether oxygens (including phenoxy) is 2. The van der Waals surface area contributed by atoms with Crippen LogP contribution in [0.25, 0.3) is 0 Å². The molecular weight excluding hydrogens is 548 g/mol. The minimum atomic E-state index is -1.03. The van der Waals surface area contributed by atoms with Gasteiger partial charge in [-0.25, -0.2) is 4.98 Å². The van der Waals surface area contributed by atoms with Crippen molar-refractivity contribution < 1.29 is 19.7 Å². The molecule has 7 nitrogen and oxygen atoms in total. The number of phenols is 2. The van der Waals surface area contributed by atoms with Crippen molar-refractivity contribution >= 4 is 46.4 Å². The van der Waals surface area contributed by atoms with E-state index in [1.165, 1.54) is 12.1 Å². The van der Waals surface area contributed by atoms with Gasteiger partial charge in [-0.1, -0.05) is 46.4 Å². The molecule has 3 aromatic rings.